The van der Waals surface area contributed by atoms with Gasteiger partial charge in [0.1, 0.15) is 19.8 Å². The van der Waals surface area contributed by atoms with Gasteiger partial charge < -0.3 is 14.2 Å². The summed E-state index contributed by atoms with van der Waals surface area (Å²) >= 11 is 4.03. The van der Waals surface area contributed by atoms with Crippen molar-refractivity contribution in [1.82, 2.24) is 0 Å². The Balaban J connectivity index is 4.48. The second-order valence-corrected chi connectivity index (χ2v) is 9.04. The number of ether oxygens (including phenoxy) is 3. The monoisotopic (exact) mass is 460 g/mol. The van der Waals surface area contributed by atoms with Crippen LogP contribution in [-0.4, -0.2) is 43.5 Å². The fraction of sp³-hybridized carbons (Fsp3) is 0.875. The molecule has 7 heteroatoms. The Morgan fingerprint density at radius 1 is 0.613 bits per heavy atom. The topological polar surface area (TPSA) is 78.9 Å². The Morgan fingerprint density at radius 2 is 0.968 bits per heavy atom. The normalized spacial score (nSPS) is 11.2. The molecule has 6 nitrogen and oxygen atoms in total. The predicted octanol–water partition coefficient (Wildman–Crippen LogP) is 5.66. The summed E-state index contributed by atoms with van der Waals surface area (Å²) in [6.45, 7) is 6.20. The first kappa shape index (κ1) is 29.8. The lowest BCUT2D eigenvalue weighted by atomic mass is 9.94. The molecule has 0 amide bonds. The van der Waals surface area contributed by atoms with E-state index in [-0.39, 0.29) is 44.1 Å². The minimum Gasteiger partial charge on any atom is -0.465 e. The Kier molecular flexibility index (Phi) is 18.7. The zero-order valence-corrected chi connectivity index (χ0v) is 20.8. The maximum absolute atomic E-state index is 12.1. The lowest BCUT2D eigenvalue weighted by Crippen LogP contribution is -2.37. The first-order chi connectivity index (χ1) is 14.9. The number of unbranched alkanes of at least 4 members (excludes halogenated alkanes) is 8. The molecule has 0 saturated carbocycles. The molecule has 0 fully saturated rings. The Hall–Kier alpha value is -1.24. The molecule has 0 saturated heterocycles. The van der Waals surface area contributed by atoms with E-state index in [9.17, 15) is 14.4 Å². The van der Waals surface area contributed by atoms with Crippen LogP contribution in [0.4, 0.5) is 0 Å². The van der Waals surface area contributed by atoms with E-state index in [1.807, 2.05) is 0 Å². The fourth-order valence-corrected chi connectivity index (χ4v) is 3.13. The number of hydrogen-bond acceptors (Lipinski definition) is 7. The third-order valence-corrected chi connectivity index (χ3v) is 5.25. The SMILES string of the molecule is CCCCCCCC(=O)OCC(C)(COC(=O)CCS)COC(=O)CCCCCCC. The Morgan fingerprint density at radius 3 is 1.32 bits per heavy atom. The molecule has 0 aromatic carbocycles. The molecule has 0 heterocycles. The summed E-state index contributed by atoms with van der Waals surface area (Å²) in [5.74, 6) is -0.515. The molecule has 0 radical (unpaired) electrons. The van der Waals surface area contributed by atoms with Gasteiger partial charge in [0.15, 0.2) is 0 Å². The molecule has 0 bridgehead atoms. The van der Waals surface area contributed by atoms with Gasteiger partial charge in [-0.15, -0.1) is 0 Å². The average molecular weight is 461 g/mol. The first-order valence-electron chi connectivity index (χ1n) is 11.9. The van der Waals surface area contributed by atoms with Crippen LogP contribution in [0.5, 0.6) is 0 Å². The Labute approximate surface area is 194 Å². The molecule has 0 aliphatic heterocycles. The standard InChI is InChI=1S/C24H44O6S/c1-4-6-8-10-12-14-21(25)28-18-24(3,20-30-23(27)16-17-31)19-29-22(26)15-13-11-9-7-5-2/h31H,4-20H2,1-3H3. The average Bonchev–Trinajstić information content (AvgIpc) is 2.75. The molecule has 0 unspecified atom stereocenters. The summed E-state index contributed by atoms with van der Waals surface area (Å²) in [7, 11) is 0. The van der Waals surface area contributed by atoms with Gasteiger partial charge in [0.05, 0.1) is 11.8 Å². The van der Waals surface area contributed by atoms with Crippen LogP contribution in [0.1, 0.15) is 104 Å². The quantitative estimate of drug-likeness (QED) is 0.109. The molecular weight excluding hydrogens is 416 g/mol. The van der Waals surface area contributed by atoms with Crippen molar-refractivity contribution < 1.29 is 28.6 Å². The number of hydrogen-bond donors (Lipinski definition) is 1. The van der Waals surface area contributed by atoms with Gasteiger partial charge in [-0.25, -0.2) is 0 Å². The van der Waals surface area contributed by atoms with E-state index in [1.165, 1.54) is 12.8 Å². The molecule has 182 valence electrons. The van der Waals surface area contributed by atoms with Crippen molar-refractivity contribution in [2.75, 3.05) is 25.6 Å². The van der Waals surface area contributed by atoms with Crippen molar-refractivity contribution in [3.05, 3.63) is 0 Å². The van der Waals surface area contributed by atoms with Crippen LogP contribution in [0.3, 0.4) is 0 Å². The highest BCUT2D eigenvalue weighted by atomic mass is 32.1. The van der Waals surface area contributed by atoms with E-state index in [0.717, 1.165) is 51.4 Å². The van der Waals surface area contributed by atoms with Gasteiger partial charge in [-0.05, 0) is 19.8 Å². The lowest BCUT2D eigenvalue weighted by Gasteiger charge is -2.28. The number of thiol groups is 1. The maximum Gasteiger partial charge on any atom is 0.306 e. The molecule has 31 heavy (non-hydrogen) atoms. The van der Waals surface area contributed by atoms with Gasteiger partial charge in [0.25, 0.3) is 0 Å². The molecule has 0 aliphatic carbocycles. The van der Waals surface area contributed by atoms with Crippen molar-refractivity contribution in [1.29, 1.82) is 0 Å². The highest BCUT2D eigenvalue weighted by Gasteiger charge is 2.30. The first-order valence-corrected chi connectivity index (χ1v) is 12.6. The number of carbonyl (C=O) groups is 3. The van der Waals surface area contributed by atoms with E-state index in [4.69, 9.17) is 14.2 Å². The number of esters is 3. The molecule has 0 rings (SSSR count). The highest BCUT2D eigenvalue weighted by molar-refractivity contribution is 7.80. The van der Waals surface area contributed by atoms with Crippen molar-refractivity contribution in [3.8, 4) is 0 Å². The van der Waals surface area contributed by atoms with Crippen LogP contribution in [0.25, 0.3) is 0 Å². The molecular formula is C24H44O6S. The third kappa shape index (κ3) is 18.1. The van der Waals surface area contributed by atoms with E-state index in [1.54, 1.807) is 6.92 Å². The minimum atomic E-state index is -0.776. The van der Waals surface area contributed by atoms with E-state index >= 15 is 0 Å². The highest BCUT2D eigenvalue weighted by Crippen LogP contribution is 2.20. The second kappa shape index (κ2) is 19.4. The minimum absolute atomic E-state index is 0.0210. The molecule has 0 aromatic heterocycles. The van der Waals surface area contributed by atoms with E-state index < -0.39 is 5.41 Å². The van der Waals surface area contributed by atoms with Crippen LogP contribution in [-0.2, 0) is 28.6 Å². The van der Waals surface area contributed by atoms with Gasteiger partial charge in [-0.3, -0.25) is 14.4 Å². The summed E-state index contributed by atoms with van der Waals surface area (Å²) in [6.07, 6.45) is 11.5. The van der Waals surface area contributed by atoms with Gasteiger partial charge >= 0.3 is 17.9 Å². The fourth-order valence-electron chi connectivity index (χ4n) is 2.94. The largest absolute Gasteiger partial charge is 0.465 e. The van der Waals surface area contributed by atoms with Gasteiger partial charge in [0.2, 0.25) is 0 Å². The van der Waals surface area contributed by atoms with E-state index in [2.05, 4.69) is 26.5 Å². The second-order valence-electron chi connectivity index (χ2n) is 8.59. The van der Waals surface area contributed by atoms with Crippen molar-refractivity contribution >= 4 is 30.5 Å². The predicted molar refractivity (Wildman–Crippen MR) is 126 cm³/mol. The van der Waals surface area contributed by atoms with Crippen molar-refractivity contribution in [2.45, 2.75) is 104 Å². The maximum atomic E-state index is 12.1. The van der Waals surface area contributed by atoms with E-state index in [0.29, 0.717) is 18.6 Å². The van der Waals surface area contributed by atoms with Crippen LogP contribution >= 0.6 is 12.6 Å². The summed E-state index contributed by atoms with van der Waals surface area (Å²) in [5.41, 5.74) is -0.776. The molecule has 0 atom stereocenters. The van der Waals surface area contributed by atoms with Gasteiger partial charge in [0, 0.05) is 18.6 Å². The molecule has 0 N–H and O–H groups in total. The van der Waals surface area contributed by atoms with Crippen LogP contribution < -0.4 is 0 Å². The van der Waals surface area contributed by atoms with Gasteiger partial charge in [-0.2, -0.15) is 12.6 Å². The summed E-state index contributed by atoms with van der Waals surface area (Å²) in [4.78, 5) is 35.9. The third-order valence-electron chi connectivity index (χ3n) is 5.03. The van der Waals surface area contributed by atoms with Gasteiger partial charge in [-0.1, -0.05) is 65.2 Å². The number of carbonyl (C=O) groups excluding carboxylic acids is 3. The summed E-state index contributed by atoms with van der Waals surface area (Å²) in [6, 6.07) is 0. The Bertz CT molecular complexity index is 464. The van der Waals surface area contributed by atoms with Crippen molar-refractivity contribution in [3.63, 3.8) is 0 Å². The van der Waals surface area contributed by atoms with Crippen LogP contribution in [0.15, 0.2) is 0 Å². The van der Waals surface area contributed by atoms with Crippen LogP contribution in [0, 0.1) is 5.41 Å². The molecule has 0 spiro atoms. The number of rotatable bonds is 20. The molecule has 0 aromatic rings. The summed E-state index contributed by atoms with van der Waals surface area (Å²) < 4.78 is 16.1. The van der Waals surface area contributed by atoms with Crippen LogP contribution in [0.2, 0.25) is 0 Å². The zero-order valence-electron chi connectivity index (χ0n) is 19.9. The zero-order chi connectivity index (χ0) is 23.4. The van der Waals surface area contributed by atoms with Crippen molar-refractivity contribution in [2.24, 2.45) is 5.41 Å². The molecule has 0 aliphatic rings. The lowest BCUT2D eigenvalue weighted by molar-refractivity contribution is -0.160. The smallest absolute Gasteiger partial charge is 0.306 e. The summed E-state index contributed by atoms with van der Waals surface area (Å²) in [5, 5.41) is 0.